The maximum atomic E-state index is 9.86. The van der Waals surface area contributed by atoms with E-state index in [4.69, 9.17) is 9.66 Å². The second-order valence-electron chi connectivity index (χ2n) is 1.18. The summed E-state index contributed by atoms with van der Waals surface area (Å²) in [6.45, 7) is 0.233. The van der Waals surface area contributed by atoms with Gasteiger partial charge in [-0.3, -0.25) is 5.32 Å². The second kappa shape index (κ2) is 5.17. The topological polar surface area (TPSA) is 69.6 Å². The molecule has 0 aromatic rings. The Bertz CT molecular complexity index is 76.9. The third kappa shape index (κ3) is 6.03. The van der Waals surface area contributed by atoms with Crippen molar-refractivity contribution < 1.29 is 13.9 Å². The molecule has 0 heterocycles. The second-order valence-corrected chi connectivity index (χ2v) is 2.23. The first kappa shape index (κ1) is 8.03. The van der Waals surface area contributed by atoms with E-state index in [0.717, 1.165) is 0 Å². The summed E-state index contributed by atoms with van der Waals surface area (Å²) in [5.41, 5.74) is 0. The zero-order valence-corrected chi connectivity index (χ0v) is 5.15. The van der Waals surface area contributed by atoms with E-state index in [2.05, 4.69) is 5.32 Å². The lowest BCUT2D eigenvalue weighted by atomic mass is 10.8. The summed E-state index contributed by atoms with van der Waals surface area (Å²) in [5.74, 6) is 0.167. The van der Waals surface area contributed by atoms with Crippen LogP contribution in [0.4, 0.5) is 0 Å². The van der Waals surface area contributed by atoms with E-state index in [1.807, 2.05) is 0 Å². The van der Waals surface area contributed by atoms with Gasteiger partial charge < -0.3 is 9.66 Å². The Morgan fingerprint density at radius 2 is 2.25 bits per heavy atom. The predicted octanol–water partition coefficient (Wildman–Crippen LogP) is -1.25. The van der Waals surface area contributed by atoms with Crippen LogP contribution in [0.25, 0.3) is 0 Å². The van der Waals surface area contributed by atoms with Gasteiger partial charge in [-0.15, -0.1) is 0 Å². The number of aliphatic hydroxyl groups excluding tert-OH is 1. The van der Waals surface area contributed by atoms with Gasteiger partial charge in [-0.2, -0.15) is 0 Å². The maximum Gasteiger partial charge on any atom is 0.154 e. The van der Waals surface area contributed by atoms with Crippen LogP contribution in [0, 0.1) is 0 Å². The van der Waals surface area contributed by atoms with Gasteiger partial charge in [-0.1, -0.05) is 0 Å². The summed E-state index contributed by atoms with van der Waals surface area (Å²) in [4.78, 5) is 0. The lowest BCUT2D eigenvalue weighted by Gasteiger charge is -1.94. The van der Waals surface area contributed by atoms with E-state index in [1.165, 1.54) is 0 Å². The fourth-order valence-electron chi connectivity index (χ4n) is 0.239. The van der Waals surface area contributed by atoms with E-state index in [9.17, 15) is 4.21 Å². The highest BCUT2D eigenvalue weighted by atomic mass is 32.2. The van der Waals surface area contributed by atoms with Crippen molar-refractivity contribution in [3.63, 3.8) is 0 Å². The first-order valence-electron chi connectivity index (χ1n) is 2.16. The van der Waals surface area contributed by atoms with Crippen LogP contribution in [0.5, 0.6) is 0 Å². The van der Waals surface area contributed by atoms with Crippen LogP contribution in [0.1, 0.15) is 0 Å². The van der Waals surface area contributed by atoms with Crippen LogP contribution in [-0.4, -0.2) is 32.9 Å². The minimum atomic E-state index is -1.74. The first-order valence-corrected chi connectivity index (χ1v) is 3.44. The van der Waals surface area contributed by atoms with E-state index in [-0.39, 0.29) is 12.5 Å². The minimum Gasteiger partial charge on any atom is -0.381 e. The summed E-state index contributed by atoms with van der Waals surface area (Å²) >= 11 is -1.74. The molecule has 1 unspecified atom stereocenters. The van der Waals surface area contributed by atoms with Crippen molar-refractivity contribution in [2.45, 2.75) is 0 Å². The molecule has 0 bridgehead atoms. The fourth-order valence-corrected chi connectivity index (χ4v) is 0.557. The van der Waals surface area contributed by atoms with E-state index in [0.29, 0.717) is 6.54 Å². The van der Waals surface area contributed by atoms with Gasteiger partial charge in [0.25, 0.3) is 0 Å². The van der Waals surface area contributed by atoms with Crippen LogP contribution in [0.15, 0.2) is 0 Å². The van der Waals surface area contributed by atoms with Gasteiger partial charge >= 0.3 is 0 Å². The molecule has 0 spiro atoms. The van der Waals surface area contributed by atoms with Crippen LogP contribution >= 0.6 is 0 Å². The third-order valence-electron chi connectivity index (χ3n) is 0.565. The van der Waals surface area contributed by atoms with Gasteiger partial charge in [0, 0.05) is 6.54 Å². The first-order chi connectivity index (χ1) is 3.77. The summed E-state index contributed by atoms with van der Waals surface area (Å²) in [5, 5.41) is 10.6. The lowest BCUT2D eigenvalue weighted by Crippen LogP contribution is -2.20. The Balaban J connectivity index is 2.82. The number of hydrogen-bond acceptors (Lipinski definition) is 3. The molecule has 0 rings (SSSR count). The van der Waals surface area contributed by atoms with Gasteiger partial charge in [-0.05, 0) is 0 Å². The monoisotopic (exact) mass is 139 g/mol. The largest absolute Gasteiger partial charge is 0.381 e. The Morgan fingerprint density at radius 1 is 1.62 bits per heavy atom. The quantitative estimate of drug-likeness (QED) is 0.258. The van der Waals surface area contributed by atoms with E-state index >= 15 is 0 Å². The Kier molecular flexibility index (Phi) is 5.19. The predicted molar refractivity (Wildman–Crippen MR) is 30.7 cm³/mol. The summed E-state index contributed by atoms with van der Waals surface area (Å²) in [6.07, 6.45) is 0. The normalized spacial score (nSPS) is 13.8. The maximum absolute atomic E-state index is 9.86. The van der Waals surface area contributed by atoms with E-state index in [1.54, 1.807) is 0 Å². The number of hydrogen-bond donors (Lipinski definition) is 3. The van der Waals surface area contributed by atoms with Crippen molar-refractivity contribution in [1.29, 1.82) is 0 Å². The fraction of sp³-hybridized carbons (Fsp3) is 1.00. The molecule has 1 atom stereocenters. The average molecular weight is 139 g/mol. The van der Waals surface area contributed by atoms with Gasteiger partial charge in [0.2, 0.25) is 0 Å². The Hall–Kier alpha value is 0.0300. The third-order valence-corrected chi connectivity index (χ3v) is 1.12. The molecule has 4 nitrogen and oxygen atoms in total. The van der Waals surface area contributed by atoms with Gasteiger partial charge in [0.05, 0.1) is 12.5 Å². The van der Waals surface area contributed by atoms with Crippen molar-refractivity contribution >= 4 is 11.1 Å². The molecule has 0 amide bonds. The molecular weight excluding hydrogens is 130 g/mol. The number of rotatable bonds is 4. The van der Waals surface area contributed by atoms with Crippen molar-refractivity contribution in [3.05, 3.63) is 0 Å². The molecule has 0 saturated heterocycles. The molecule has 0 aliphatic rings. The average Bonchev–Trinajstić information content (AvgIpc) is 1.66. The summed E-state index contributed by atoms with van der Waals surface area (Å²) in [7, 11) is 0. The van der Waals surface area contributed by atoms with Gasteiger partial charge in [0.15, 0.2) is 11.1 Å². The highest BCUT2D eigenvalue weighted by molar-refractivity contribution is 7.79. The number of aliphatic hydroxyl groups is 1. The Morgan fingerprint density at radius 3 is 2.62 bits per heavy atom. The highest BCUT2D eigenvalue weighted by Gasteiger charge is 1.89. The van der Waals surface area contributed by atoms with Gasteiger partial charge in [0.1, 0.15) is 0 Å². The van der Waals surface area contributed by atoms with E-state index < -0.39 is 11.1 Å². The molecule has 0 saturated carbocycles. The molecular formula is C3H9NO3S. The molecule has 8 heavy (non-hydrogen) atoms. The highest BCUT2D eigenvalue weighted by Crippen LogP contribution is 1.68. The molecule has 3 N–H and O–H groups in total. The molecule has 5 heteroatoms. The lowest BCUT2D eigenvalue weighted by molar-refractivity contribution is 0.264. The van der Waals surface area contributed by atoms with Crippen LogP contribution in [-0.2, 0) is 11.1 Å². The molecule has 0 aliphatic heterocycles. The minimum absolute atomic E-state index is 0.142. The van der Waals surface area contributed by atoms with Crippen molar-refractivity contribution in [2.75, 3.05) is 19.0 Å². The molecule has 0 aromatic heterocycles. The molecule has 0 aromatic carbocycles. The smallest absolute Gasteiger partial charge is 0.154 e. The van der Waals surface area contributed by atoms with Crippen molar-refractivity contribution in [1.82, 2.24) is 5.32 Å². The van der Waals surface area contributed by atoms with Crippen molar-refractivity contribution in [3.8, 4) is 0 Å². The summed E-state index contributed by atoms with van der Waals surface area (Å²) < 4.78 is 18.0. The Labute approximate surface area is 50.2 Å². The number of nitrogens with one attached hydrogen (secondary N) is 1. The van der Waals surface area contributed by atoms with Gasteiger partial charge in [-0.25, -0.2) is 4.21 Å². The molecule has 0 radical (unpaired) electrons. The summed E-state index contributed by atoms with van der Waals surface area (Å²) in [6, 6.07) is 0. The van der Waals surface area contributed by atoms with Crippen LogP contribution < -0.4 is 5.32 Å². The van der Waals surface area contributed by atoms with Crippen LogP contribution in [0.3, 0.4) is 0 Å². The molecule has 50 valence electrons. The van der Waals surface area contributed by atoms with Crippen molar-refractivity contribution in [2.24, 2.45) is 0 Å². The molecule has 0 aliphatic carbocycles. The SMILES string of the molecule is O=S(O)CCNCO. The van der Waals surface area contributed by atoms with Crippen LogP contribution in [0.2, 0.25) is 0 Å². The standard InChI is InChI=1S/C3H9NO3S/c5-3-4-1-2-8(6)7/h4-5H,1-3H2,(H,6,7). The molecule has 0 fully saturated rings. The zero-order valence-electron chi connectivity index (χ0n) is 4.33. The zero-order chi connectivity index (χ0) is 6.41.